The zero-order valence-electron chi connectivity index (χ0n) is 14.5. The van der Waals surface area contributed by atoms with E-state index in [2.05, 4.69) is 20.9 Å². The van der Waals surface area contributed by atoms with Crippen LogP contribution in [0.5, 0.6) is 0 Å². The van der Waals surface area contributed by atoms with Gasteiger partial charge in [-0.15, -0.1) is 0 Å². The Balaban J connectivity index is 1.53. The molecule has 0 spiro atoms. The minimum absolute atomic E-state index is 0.249. The number of fused-ring (bicyclic) bond motifs is 2. The lowest BCUT2D eigenvalue weighted by Gasteiger charge is -2.32. The van der Waals surface area contributed by atoms with E-state index in [1.807, 2.05) is 31.3 Å². The van der Waals surface area contributed by atoms with Crippen LogP contribution in [0.2, 0.25) is 0 Å². The molecule has 5 rings (SSSR count). The number of anilines is 2. The molecule has 0 saturated carbocycles. The van der Waals surface area contributed by atoms with Gasteiger partial charge in [0.25, 0.3) is 0 Å². The number of ether oxygens (including phenoxy) is 1. The monoisotopic (exact) mass is 349 g/mol. The van der Waals surface area contributed by atoms with Gasteiger partial charge in [0, 0.05) is 19.3 Å². The van der Waals surface area contributed by atoms with E-state index in [1.165, 1.54) is 11.1 Å². The zero-order chi connectivity index (χ0) is 17.7. The first kappa shape index (κ1) is 15.2. The van der Waals surface area contributed by atoms with Gasteiger partial charge in [0.15, 0.2) is 0 Å². The number of carbonyl (C=O) groups excluding carboxylic acids is 1. The fraction of sp³-hybridized carbons (Fsp3) is 0.316. The van der Waals surface area contributed by atoms with Crippen LogP contribution in [0, 0.1) is 6.92 Å². The molecule has 7 heteroatoms. The molecule has 0 bridgehead atoms. The van der Waals surface area contributed by atoms with Crippen molar-refractivity contribution in [2.75, 3.05) is 29.5 Å². The Kier molecular flexibility index (Phi) is 3.34. The molecule has 0 aliphatic carbocycles. The largest absolute Gasteiger partial charge is 0.447 e. The molecule has 2 aliphatic rings. The van der Waals surface area contributed by atoms with Crippen molar-refractivity contribution in [3.63, 3.8) is 0 Å². The average Bonchev–Trinajstić information content (AvgIpc) is 3.28. The van der Waals surface area contributed by atoms with Gasteiger partial charge in [0.1, 0.15) is 23.9 Å². The number of hydrogen-bond acceptors (Lipinski definition) is 5. The van der Waals surface area contributed by atoms with E-state index in [0.29, 0.717) is 13.2 Å². The van der Waals surface area contributed by atoms with Crippen molar-refractivity contribution in [1.29, 1.82) is 0 Å². The highest BCUT2D eigenvalue weighted by Crippen LogP contribution is 2.33. The van der Waals surface area contributed by atoms with Crippen LogP contribution in [0.25, 0.3) is 11.0 Å². The van der Waals surface area contributed by atoms with Crippen molar-refractivity contribution in [3.05, 3.63) is 47.4 Å². The van der Waals surface area contributed by atoms with Crippen LogP contribution >= 0.6 is 0 Å². The van der Waals surface area contributed by atoms with Crippen molar-refractivity contribution >= 4 is 28.6 Å². The summed E-state index contributed by atoms with van der Waals surface area (Å²) in [5.74, 6) is 1.72. The summed E-state index contributed by atoms with van der Waals surface area (Å²) in [4.78, 5) is 28.3. The topological polar surface area (TPSA) is 74.3 Å². The summed E-state index contributed by atoms with van der Waals surface area (Å²) >= 11 is 0. The second-order valence-electron chi connectivity index (χ2n) is 6.69. The van der Waals surface area contributed by atoms with Crippen LogP contribution in [-0.4, -0.2) is 40.7 Å². The standard InChI is InChI=1S/C19H19N5O2/c1-12-21-17-15(5-7-20-17)18(22-12)23-8-6-14-13(11-23)3-2-4-16(14)24-9-10-26-19(24)25/h2-5,7H,6,8-11H2,1H3,(H,20,21,22). The summed E-state index contributed by atoms with van der Waals surface area (Å²) in [5.41, 5.74) is 4.31. The summed E-state index contributed by atoms with van der Waals surface area (Å²) < 4.78 is 5.11. The number of benzene rings is 1. The van der Waals surface area contributed by atoms with Gasteiger partial charge in [-0.25, -0.2) is 14.8 Å². The number of H-pyrrole nitrogens is 1. The Labute approximate surface area is 150 Å². The van der Waals surface area contributed by atoms with Gasteiger partial charge in [0.2, 0.25) is 0 Å². The summed E-state index contributed by atoms with van der Waals surface area (Å²) in [7, 11) is 0. The lowest BCUT2D eigenvalue weighted by atomic mass is 9.97. The molecule has 4 heterocycles. The van der Waals surface area contributed by atoms with Crippen molar-refractivity contribution in [3.8, 4) is 0 Å². The first-order valence-electron chi connectivity index (χ1n) is 8.82. The van der Waals surface area contributed by atoms with Crippen LogP contribution < -0.4 is 9.80 Å². The molecular formula is C19H19N5O2. The Bertz CT molecular complexity index is 1010. The number of aromatic amines is 1. The van der Waals surface area contributed by atoms with Crippen molar-refractivity contribution in [2.24, 2.45) is 0 Å². The molecule has 7 nitrogen and oxygen atoms in total. The second kappa shape index (κ2) is 5.72. The average molecular weight is 349 g/mol. The molecule has 26 heavy (non-hydrogen) atoms. The molecule has 0 unspecified atom stereocenters. The minimum atomic E-state index is -0.249. The minimum Gasteiger partial charge on any atom is -0.447 e. The normalized spacial score (nSPS) is 16.9. The quantitative estimate of drug-likeness (QED) is 0.770. The van der Waals surface area contributed by atoms with Gasteiger partial charge in [-0.1, -0.05) is 12.1 Å². The molecule has 132 valence electrons. The summed E-state index contributed by atoms with van der Waals surface area (Å²) in [6.45, 7) is 4.61. The lowest BCUT2D eigenvalue weighted by Crippen LogP contribution is -2.33. The smallest absolute Gasteiger partial charge is 0.414 e. The van der Waals surface area contributed by atoms with Gasteiger partial charge in [0.05, 0.1) is 17.6 Å². The molecule has 0 radical (unpaired) electrons. The number of aromatic nitrogens is 3. The van der Waals surface area contributed by atoms with Gasteiger partial charge in [-0.2, -0.15) is 0 Å². The number of carbonyl (C=O) groups is 1. The molecule has 2 aliphatic heterocycles. The predicted molar refractivity (Wildman–Crippen MR) is 98.5 cm³/mol. The van der Waals surface area contributed by atoms with Gasteiger partial charge >= 0.3 is 6.09 Å². The van der Waals surface area contributed by atoms with Crippen LogP contribution in [-0.2, 0) is 17.7 Å². The summed E-state index contributed by atoms with van der Waals surface area (Å²) in [5, 5.41) is 1.04. The Morgan fingerprint density at radius 2 is 2.12 bits per heavy atom. The number of rotatable bonds is 2. The Hall–Kier alpha value is -3.09. The molecule has 1 fully saturated rings. The Morgan fingerprint density at radius 3 is 2.96 bits per heavy atom. The Morgan fingerprint density at radius 1 is 1.19 bits per heavy atom. The number of nitrogens with zero attached hydrogens (tertiary/aromatic N) is 4. The van der Waals surface area contributed by atoms with Crippen molar-refractivity contribution < 1.29 is 9.53 Å². The molecule has 1 amide bonds. The van der Waals surface area contributed by atoms with Gasteiger partial charge < -0.3 is 14.6 Å². The van der Waals surface area contributed by atoms with E-state index < -0.39 is 0 Å². The summed E-state index contributed by atoms with van der Waals surface area (Å²) in [6, 6.07) is 8.19. The number of cyclic esters (lactones) is 1. The maximum absolute atomic E-state index is 12.0. The van der Waals surface area contributed by atoms with Crippen LogP contribution in [0.1, 0.15) is 17.0 Å². The van der Waals surface area contributed by atoms with Gasteiger partial charge in [-0.05, 0) is 36.6 Å². The molecule has 1 aromatic carbocycles. The van der Waals surface area contributed by atoms with E-state index in [0.717, 1.165) is 47.9 Å². The lowest BCUT2D eigenvalue weighted by molar-refractivity contribution is 0.181. The number of nitrogens with one attached hydrogen (secondary N) is 1. The highest BCUT2D eigenvalue weighted by molar-refractivity contribution is 5.91. The highest BCUT2D eigenvalue weighted by Gasteiger charge is 2.29. The number of aryl methyl sites for hydroxylation is 1. The van der Waals surface area contributed by atoms with E-state index >= 15 is 0 Å². The van der Waals surface area contributed by atoms with E-state index in [9.17, 15) is 4.79 Å². The third kappa shape index (κ3) is 2.31. The molecule has 3 aromatic rings. The maximum atomic E-state index is 12.0. The summed E-state index contributed by atoms with van der Waals surface area (Å²) in [6.07, 6.45) is 2.52. The third-order valence-electron chi connectivity index (χ3n) is 5.10. The first-order valence-corrected chi connectivity index (χ1v) is 8.82. The first-order chi connectivity index (χ1) is 12.7. The maximum Gasteiger partial charge on any atom is 0.414 e. The fourth-order valence-corrected chi connectivity index (χ4v) is 3.91. The molecule has 1 saturated heterocycles. The zero-order valence-corrected chi connectivity index (χ0v) is 14.5. The van der Waals surface area contributed by atoms with E-state index in [-0.39, 0.29) is 6.09 Å². The van der Waals surface area contributed by atoms with E-state index in [4.69, 9.17) is 9.72 Å². The third-order valence-corrected chi connectivity index (χ3v) is 5.10. The number of hydrogen-bond donors (Lipinski definition) is 1. The predicted octanol–water partition coefficient (Wildman–Crippen LogP) is 2.79. The SMILES string of the molecule is Cc1nc(N2CCc3c(cccc3N3CCOC3=O)C2)c2cc[nH]c2n1. The van der Waals surface area contributed by atoms with Crippen molar-refractivity contribution in [2.45, 2.75) is 19.9 Å². The van der Waals surface area contributed by atoms with Crippen molar-refractivity contribution in [1.82, 2.24) is 15.0 Å². The van der Waals surface area contributed by atoms with Crippen LogP contribution in [0.3, 0.4) is 0 Å². The number of amides is 1. The molecule has 1 N–H and O–H groups in total. The molecule has 0 atom stereocenters. The molecular weight excluding hydrogens is 330 g/mol. The second-order valence-corrected chi connectivity index (χ2v) is 6.69. The highest BCUT2D eigenvalue weighted by atomic mass is 16.6. The van der Waals surface area contributed by atoms with Gasteiger partial charge in [-0.3, -0.25) is 4.90 Å². The van der Waals surface area contributed by atoms with E-state index in [1.54, 1.807) is 4.90 Å². The van der Waals surface area contributed by atoms with Crippen LogP contribution in [0.15, 0.2) is 30.5 Å². The molecule has 2 aromatic heterocycles. The fourth-order valence-electron chi connectivity index (χ4n) is 3.91. The van der Waals surface area contributed by atoms with Crippen LogP contribution in [0.4, 0.5) is 16.3 Å².